The van der Waals surface area contributed by atoms with Crippen molar-refractivity contribution in [2.75, 3.05) is 7.05 Å². The smallest absolute Gasteiger partial charge is 0.0272 e. The Morgan fingerprint density at radius 3 is 1.56 bits per heavy atom. The molecule has 0 saturated heterocycles. The van der Waals surface area contributed by atoms with Crippen LogP contribution in [0.25, 0.3) is 0 Å². The van der Waals surface area contributed by atoms with E-state index >= 15 is 0 Å². The first-order valence-electron chi connectivity index (χ1n) is 14.8. The maximum absolute atomic E-state index is 3.85. The van der Waals surface area contributed by atoms with E-state index in [2.05, 4.69) is 71.6 Å². The Morgan fingerprint density at radius 1 is 0.794 bits per heavy atom. The van der Waals surface area contributed by atoms with Gasteiger partial charge in [-0.2, -0.15) is 0 Å². The highest BCUT2D eigenvalue weighted by Crippen LogP contribution is 2.33. The Hall–Kier alpha value is -1.08. The van der Waals surface area contributed by atoms with Crippen LogP contribution < -0.4 is 5.32 Å². The molecule has 0 bridgehead atoms. The van der Waals surface area contributed by atoms with Crippen molar-refractivity contribution in [1.29, 1.82) is 0 Å². The van der Waals surface area contributed by atoms with E-state index in [4.69, 9.17) is 0 Å². The molecule has 1 nitrogen and oxygen atoms in total. The zero-order chi connectivity index (χ0) is 26.8. The lowest BCUT2D eigenvalue weighted by Crippen LogP contribution is -2.31. The highest BCUT2D eigenvalue weighted by Gasteiger charge is 2.16. The molecule has 202 valence electrons. The summed E-state index contributed by atoms with van der Waals surface area (Å²) in [7, 11) is 2.02. The predicted molar refractivity (Wildman–Crippen MR) is 161 cm³/mol. The van der Waals surface area contributed by atoms with Crippen LogP contribution in [0.5, 0.6) is 0 Å². The van der Waals surface area contributed by atoms with Crippen molar-refractivity contribution in [2.45, 2.75) is 152 Å². The van der Waals surface area contributed by atoms with Gasteiger partial charge in [-0.15, -0.1) is 6.58 Å². The first-order valence-corrected chi connectivity index (χ1v) is 14.8. The molecule has 1 unspecified atom stereocenters. The Morgan fingerprint density at radius 2 is 1.24 bits per heavy atom. The highest BCUT2D eigenvalue weighted by atomic mass is 14.9. The van der Waals surface area contributed by atoms with Crippen molar-refractivity contribution >= 4 is 0 Å². The fraction of sp³-hybridized carbons (Fsp3) is 0.758. The van der Waals surface area contributed by atoms with E-state index < -0.39 is 0 Å². The molecule has 1 atom stereocenters. The van der Waals surface area contributed by atoms with Gasteiger partial charge in [0.1, 0.15) is 0 Å². The van der Waals surface area contributed by atoms with Crippen molar-refractivity contribution in [2.24, 2.45) is 5.92 Å². The van der Waals surface area contributed by atoms with Crippen LogP contribution in [0.2, 0.25) is 0 Å². The van der Waals surface area contributed by atoms with Crippen LogP contribution in [0.4, 0.5) is 0 Å². The fourth-order valence-electron chi connectivity index (χ4n) is 4.47. The summed E-state index contributed by atoms with van der Waals surface area (Å²) >= 11 is 0. The quantitative estimate of drug-likeness (QED) is 0.350. The van der Waals surface area contributed by atoms with Gasteiger partial charge < -0.3 is 5.32 Å². The summed E-state index contributed by atoms with van der Waals surface area (Å²) in [5.74, 6) is 1.63. The molecule has 1 aliphatic rings. The Bertz CT molecular complexity index is 499. The molecular formula is C33H65N. The van der Waals surface area contributed by atoms with Gasteiger partial charge in [-0.1, -0.05) is 136 Å². The van der Waals surface area contributed by atoms with Gasteiger partial charge in [-0.25, -0.2) is 0 Å². The van der Waals surface area contributed by atoms with Crippen LogP contribution >= 0.6 is 0 Å². The Labute approximate surface area is 217 Å². The molecule has 0 aliphatic heterocycles. The molecule has 0 heterocycles. The third kappa shape index (κ3) is 19.2. The zero-order valence-corrected chi connectivity index (χ0v) is 25.5. The summed E-state index contributed by atoms with van der Waals surface area (Å²) < 4.78 is 0. The Balaban J connectivity index is -0.000000438. The molecule has 1 aliphatic carbocycles. The van der Waals surface area contributed by atoms with Crippen molar-refractivity contribution in [3.8, 4) is 0 Å². The van der Waals surface area contributed by atoms with Crippen molar-refractivity contribution in [1.82, 2.24) is 5.32 Å². The molecule has 0 aromatic heterocycles. The van der Waals surface area contributed by atoms with Crippen LogP contribution in [-0.4, -0.2) is 13.1 Å². The normalized spacial score (nSPS) is 13.5. The van der Waals surface area contributed by atoms with Crippen LogP contribution in [0.15, 0.2) is 30.9 Å². The molecule has 0 spiro atoms. The molecule has 1 aromatic rings. The third-order valence-corrected chi connectivity index (χ3v) is 6.23. The average Bonchev–Trinajstić information content (AvgIpc) is 2.88. The lowest BCUT2D eigenvalue weighted by molar-refractivity contribution is 0.368. The van der Waals surface area contributed by atoms with E-state index in [1.54, 1.807) is 5.56 Å². The number of aryl methyl sites for hydroxylation is 2. The number of rotatable bonds is 9. The second-order valence-electron chi connectivity index (χ2n) is 9.14. The number of hydrogen-bond acceptors (Lipinski definition) is 1. The van der Waals surface area contributed by atoms with E-state index in [0.717, 1.165) is 11.8 Å². The molecule has 2 rings (SSSR count). The van der Waals surface area contributed by atoms with Crippen molar-refractivity contribution < 1.29 is 0 Å². The molecule has 1 heteroatoms. The number of nitrogens with one attached hydrogen (secondary N) is 1. The third-order valence-electron chi connectivity index (χ3n) is 6.23. The van der Waals surface area contributed by atoms with E-state index in [-0.39, 0.29) is 0 Å². The number of hydrogen-bond donors (Lipinski definition) is 1. The summed E-state index contributed by atoms with van der Waals surface area (Å²) in [5.41, 5.74) is 4.43. The molecule has 1 fully saturated rings. The van der Waals surface area contributed by atoms with Crippen molar-refractivity contribution in [3.05, 3.63) is 47.5 Å². The summed E-state index contributed by atoms with van der Waals surface area (Å²) in [6, 6.07) is 7.53. The topological polar surface area (TPSA) is 12.0 Å². The van der Waals surface area contributed by atoms with Gasteiger partial charge >= 0.3 is 0 Å². The van der Waals surface area contributed by atoms with Gasteiger partial charge in [0.25, 0.3) is 0 Å². The summed E-state index contributed by atoms with van der Waals surface area (Å²) in [6.07, 6.45) is 17.0. The minimum atomic E-state index is 0.505. The van der Waals surface area contributed by atoms with Gasteiger partial charge in [0.2, 0.25) is 0 Å². The van der Waals surface area contributed by atoms with Gasteiger partial charge in [0.15, 0.2) is 0 Å². The summed E-state index contributed by atoms with van der Waals surface area (Å²) in [6.45, 7) is 25.1. The standard InChI is InChI=1S/C14H20.C11H23N.C4H10.2C2H6/c1-11-8-12(2)10-14(9-11)13-6-4-3-5-7-13;1-5-8-10(9-6-2)11(7-3)12-4;1-3-4-2;2*1-2/h8-10,13H,3-7H2,1-2H3;7,10-12H,3,5-6,8-9H2,1-2,4H3;3-4H2,1-2H3;2*1-2H3. The van der Waals surface area contributed by atoms with Crippen LogP contribution in [0.3, 0.4) is 0 Å². The first kappa shape index (κ1) is 37.5. The minimum Gasteiger partial charge on any atom is -0.313 e. The van der Waals surface area contributed by atoms with Gasteiger partial charge in [0.05, 0.1) is 0 Å². The molecule has 1 N–H and O–H groups in total. The number of likely N-dealkylation sites (N-methyl/N-ethyl adjacent to an activating group) is 1. The van der Waals surface area contributed by atoms with Crippen LogP contribution in [0, 0.1) is 19.8 Å². The van der Waals surface area contributed by atoms with E-state index in [1.165, 1.54) is 81.8 Å². The second kappa shape index (κ2) is 28.2. The lowest BCUT2D eigenvalue weighted by Gasteiger charge is -2.23. The van der Waals surface area contributed by atoms with E-state index in [0.29, 0.717) is 6.04 Å². The molecule has 0 radical (unpaired) electrons. The van der Waals surface area contributed by atoms with Gasteiger partial charge in [-0.3, -0.25) is 0 Å². The zero-order valence-electron chi connectivity index (χ0n) is 25.5. The first-order chi connectivity index (χ1) is 16.5. The van der Waals surface area contributed by atoms with E-state index in [1.807, 2.05) is 40.8 Å². The number of unbranched alkanes of at least 4 members (excludes halogenated alkanes) is 1. The lowest BCUT2D eigenvalue weighted by atomic mass is 9.83. The monoisotopic (exact) mass is 476 g/mol. The van der Waals surface area contributed by atoms with Crippen LogP contribution in [-0.2, 0) is 0 Å². The van der Waals surface area contributed by atoms with E-state index in [9.17, 15) is 0 Å². The molecule has 1 aromatic carbocycles. The summed E-state index contributed by atoms with van der Waals surface area (Å²) in [4.78, 5) is 0. The average molecular weight is 476 g/mol. The maximum atomic E-state index is 3.85. The molecular weight excluding hydrogens is 410 g/mol. The number of benzene rings is 1. The molecule has 1 saturated carbocycles. The van der Waals surface area contributed by atoms with Gasteiger partial charge in [0, 0.05) is 6.04 Å². The van der Waals surface area contributed by atoms with Crippen LogP contribution in [0.1, 0.15) is 149 Å². The largest absolute Gasteiger partial charge is 0.313 e. The molecule has 34 heavy (non-hydrogen) atoms. The fourth-order valence-corrected chi connectivity index (χ4v) is 4.47. The molecule has 0 amide bonds. The maximum Gasteiger partial charge on any atom is 0.0272 e. The SMILES string of the molecule is C=CC(NC)C(CCC)CCC.CC.CC.CCCC.Cc1cc(C)cc(C2CCCCC2)c1. The summed E-state index contributed by atoms with van der Waals surface area (Å²) in [5, 5.41) is 3.30. The highest BCUT2D eigenvalue weighted by molar-refractivity contribution is 5.31. The minimum absolute atomic E-state index is 0.505. The predicted octanol–water partition coefficient (Wildman–Crippen LogP) is 11.2. The van der Waals surface area contributed by atoms with Gasteiger partial charge in [-0.05, 0) is 64.0 Å². The second-order valence-corrected chi connectivity index (χ2v) is 9.14. The van der Waals surface area contributed by atoms with Crippen molar-refractivity contribution in [3.63, 3.8) is 0 Å². The Kier molecular flexibility index (Phi) is 31.0.